The molecule has 1 aliphatic rings. The molecule has 8 heteroatoms. The SMILES string of the molecule is COc1ccccc1N1CCN(C(=O)c2ccc(N(Cc3ccccc3)S(C)(=O)=O)cc2)CC1. The first-order chi connectivity index (χ1) is 16.4. The van der Waals surface area contributed by atoms with Crippen LogP contribution in [0.1, 0.15) is 15.9 Å². The average Bonchev–Trinajstić information content (AvgIpc) is 2.87. The summed E-state index contributed by atoms with van der Waals surface area (Å²) in [6.07, 6.45) is 1.19. The molecule has 34 heavy (non-hydrogen) atoms. The molecule has 0 bridgehead atoms. The first kappa shape index (κ1) is 23.6. The lowest BCUT2D eigenvalue weighted by Gasteiger charge is -2.36. The third-order valence-electron chi connectivity index (χ3n) is 5.96. The second-order valence-electron chi connectivity index (χ2n) is 8.25. The van der Waals surface area contributed by atoms with Gasteiger partial charge in [-0.25, -0.2) is 8.42 Å². The van der Waals surface area contributed by atoms with E-state index in [1.54, 1.807) is 31.4 Å². The fraction of sp³-hybridized carbons (Fsp3) is 0.269. The first-order valence-electron chi connectivity index (χ1n) is 11.2. The van der Waals surface area contributed by atoms with Gasteiger partial charge in [-0.05, 0) is 42.0 Å². The van der Waals surface area contributed by atoms with E-state index in [-0.39, 0.29) is 12.5 Å². The van der Waals surface area contributed by atoms with Gasteiger partial charge in [0.1, 0.15) is 5.75 Å². The maximum absolute atomic E-state index is 13.1. The van der Waals surface area contributed by atoms with Crippen molar-refractivity contribution in [2.24, 2.45) is 0 Å². The van der Waals surface area contributed by atoms with Crippen LogP contribution in [0.2, 0.25) is 0 Å². The number of para-hydroxylation sites is 2. The summed E-state index contributed by atoms with van der Waals surface area (Å²) < 4.78 is 31.7. The third kappa shape index (κ3) is 5.34. The van der Waals surface area contributed by atoms with Crippen molar-refractivity contribution >= 4 is 27.3 Å². The number of rotatable bonds is 7. The van der Waals surface area contributed by atoms with Crippen molar-refractivity contribution in [1.82, 2.24) is 4.90 Å². The van der Waals surface area contributed by atoms with Crippen molar-refractivity contribution in [3.63, 3.8) is 0 Å². The summed E-state index contributed by atoms with van der Waals surface area (Å²) in [6.45, 7) is 2.86. The zero-order valence-electron chi connectivity index (χ0n) is 19.4. The summed E-state index contributed by atoms with van der Waals surface area (Å²) in [6, 6.07) is 24.1. The minimum atomic E-state index is -3.49. The molecule has 0 saturated carbocycles. The Morgan fingerprint density at radius 1 is 0.882 bits per heavy atom. The number of carbonyl (C=O) groups excluding carboxylic acids is 1. The molecule has 0 N–H and O–H groups in total. The minimum absolute atomic E-state index is 0.0554. The van der Waals surface area contributed by atoms with Crippen molar-refractivity contribution in [3.8, 4) is 5.75 Å². The standard InChI is InChI=1S/C26H29N3O4S/c1-33-25-11-7-6-10-24(25)27-16-18-28(19-17-27)26(30)22-12-14-23(15-13-22)29(34(2,31)32)20-21-8-4-3-5-9-21/h3-15H,16-20H2,1-2H3. The van der Waals surface area contributed by atoms with Gasteiger partial charge in [-0.1, -0.05) is 42.5 Å². The molecule has 178 valence electrons. The molecule has 3 aromatic rings. The number of piperazine rings is 1. The highest BCUT2D eigenvalue weighted by Crippen LogP contribution is 2.29. The van der Waals surface area contributed by atoms with E-state index in [1.807, 2.05) is 59.5 Å². The molecule has 0 aromatic heterocycles. The summed E-state index contributed by atoms with van der Waals surface area (Å²) in [5.41, 5.74) is 2.99. The van der Waals surface area contributed by atoms with Gasteiger partial charge < -0.3 is 14.5 Å². The van der Waals surface area contributed by atoms with E-state index in [0.29, 0.717) is 37.4 Å². The van der Waals surface area contributed by atoms with E-state index in [9.17, 15) is 13.2 Å². The number of carbonyl (C=O) groups is 1. The van der Waals surface area contributed by atoms with Gasteiger partial charge in [0.15, 0.2) is 0 Å². The molecule has 0 unspecified atom stereocenters. The number of benzene rings is 3. The predicted octanol–water partition coefficient (Wildman–Crippen LogP) is 3.62. The van der Waals surface area contributed by atoms with Gasteiger partial charge in [0.25, 0.3) is 5.91 Å². The van der Waals surface area contributed by atoms with Gasteiger partial charge in [0, 0.05) is 31.7 Å². The van der Waals surface area contributed by atoms with E-state index < -0.39 is 10.0 Å². The number of anilines is 2. The van der Waals surface area contributed by atoms with Gasteiger partial charge in [0.2, 0.25) is 10.0 Å². The number of nitrogens with zero attached hydrogens (tertiary/aromatic N) is 3. The number of hydrogen-bond donors (Lipinski definition) is 0. The summed E-state index contributed by atoms with van der Waals surface area (Å²) >= 11 is 0. The molecule has 3 aromatic carbocycles. The van der Waals surface area contributed by atoms with Crippen LogP contribution in [0.4, 0.5) is 11.4 Å². The molecule has 0 radical (unpaired) electrons. The van der Waals surface area contributed by atoms with Gasteiger partial charge in [-0.15, -0.1) is 0 Å². The number of amides is 1. The molecule has 1 aliphatic heterocycles. The minimum Gasteiger partial charge on any atom is -0.495 e. The van der Waals surface area contributed by atoms with E-state index >= 15 is 0 Å². The Bertz CT molecular complexity index is 1220. The summed E-state index contributed by atoms with van der Waals surface area (Å²) in [5.74, 6) is 0.768. The Balaban J connectivity index is 1.44. The topological polar surface area (TPSA) is 70.2 Å². The van der Waals surface area contributed by atoms with Crippen molar-refractivity contribution in [2.75, 3.05) is 48.7 Å². The zero-order chi connectivity index (χ0) is 24.1. The van der Waals surface area contributed by atoms with E-state index in [0.717, 1.165) is 17.0 Å². The van der Waals surface area contributed by atoms with Crippen molar-refractivity contribution in [1.29, 1.82) is 0 Å². The Kier molecular flexibility index (Phi) is 7.07. The van der Waals surface area contributed by atoms with Crippen LogP contribution < -0.4 is 13.9 Å². The zero-order valence-corrected chi connectivity index (χ0v) is 20.2. The van der Waals surface area contributed by atoms with Crippen LogP contribution in [0.15, 0.2) is 78.9 Å². The highest BCUT2D eigenvalue weighted by atomic mass is 32.2. The molecule has 7 nitrogen and oxygen atoms in total. The Morgan fingerprint density at radius 2 is 1.50 bits per heavy atom. The highest BCUT2D eigenvalue weighted by Gasteiger charge is 2.24. The van der Waals surface area contributed by atoms with Gasteiger partial charge in [-0.3, -0.25) is 9.10 Å². The Morgan fingerprint density at radius 3 is 2.12 bits per heavy atom. The molecule has 1 amide bonds. The third-order valence-corrected chi connectivity index (χ3v) is 7.10. The molecule has 1 heterocycles. The molecule has 1 fully saturated rings. The van der Waals surface area contributed by atoms with Crippen LogP contribution in [-0.4, -0.2) is 58.8 Å². The number of hydrogen-bond acceptors (Lipinski definition) is 5. The number of ether oxygens (including phenoxy) is 1. The largest absolute Gasteiger partial charge is 0.495 e. The molecule has 0 spiro atoms. The van der Waals surface area contributed by atoms with Gasteiger partial charge >= 0.3 is 0 Å². The summed E-state index contributed by atoms with van der Waals surface area (Å²) in [7, 11) is -1.83. The van der Waals surface area contributed by atoms with Crippen LogP contribution in [-0.2, 0) is 16.6 Å². The van der Waals surface area contributed by atoms with E-state index in [1.165, 1.54) is 10.6 Å². The number of methoxy groups -OCH3 is 1. The predicted molar refractivity (Wildman–Crippen MR) is 135 cm³/mol. The van der Waals surface area contributed by atoms with Crippen LogP contribution in [0.25, 0.3) is 0 Å². The van der Waals surface area contributed by atoms with Crippen LogP contribution in [0.3, 0.4) is 0 Å². The van der Waals surface area contributed by atoms with Crippen LogP contribution >= 0.6 is 0 Å². The van der Waals surface area contributed by atoms with Crippen molar-refractivity contribution in [2.45, 2.75) is 6.54 Å². The monoisotopic (exact) mass is 479 g/mol. The highest BCUT2D eigenvalue weighted by molar-refractivity contribution is 7.92. The molecule has 0 aliphatic carbocycles. The van der Waals surface area contributed by atoms with Crippen molar-refractivity contribution in [3.05, 3.63) is 90.0 Å². The van der Waals surface area contributed by atoms with E-state index in [2.05, 4.69) is 4.90 Å². The second-order valence-corrected chi connectivity index (χ2v) is 10.2. The quantitative estimate of drug-likeness (QED) is 0.518. The normalized spacial score (nSPS) is 14.1. The summed E-state index contributed by atoms with van der Waals surface area (Å²) in [5, 5.41) is 0. The van der Waals surface area contributed by atoms with E-state index in [4.69, 9.17) is 4.74 Å². The summed E-state index contributed by atoms with van der Waals surface area (Å²) in [4.78, 5) is 17.1. The Labute approximate surface area is 201 Å². The van der Waals surface area contributed by atoms with Crippen LogP contribution in [0, 0.1) is 0 Å². The fourth-order valence-corrected chi connectivity index (χ4v) is 5.03. The molecular formula is C26H29N3O4S. The lowest BCUT2D eigenvalue weighted by molar-refractivity contribution is 0.0746. The first-order valence-corrected chi connectivity index (χ1v) is 13.0. The average molecular weight is 480 g/mol. The lowest BCUT2D eigenvalue weighted by atomic mass is 10.1. The number of sulfonamides is 1. The van der Waals surface area contributed by atoms with Gasteiger partial charge in [-0.2, -0.15) is 0 Å². The second kappa shape index (κ2) is 10.2. The lowest BCUT2D eigenvalue weighted by Crippen LogP contribution is -2.48. The maximum atomic E-state index is 13.1. The molecular weight excluding hydrogens is 450 g/mol. The van der Waals surface area contributed by atoms with Crippen molar-refractivity contribution < 1.29 is 17.9 Å². The smallest absolute Gasteiger partial charge is 0.253 e. The molecule has 1 saturated heterocycles. The van der Waals surface area contributed by atoms with Gasteiger partial charge in [0.05, 0.1) is 31.3 Å². The molecule has 4 rings (SSSR count). The molecule has 0 atom stereocenters. The Hall–Kier alpha value is -3.52. The maximum Gasteiger partial charge on any atom is 0.253 e. The fourth-order valence-electron chi connectivity index (χ4n) is 4.14. The van der Waals surface area contributed by atoms with Crippen LogP contribution in [0.5, 0.6) is 5.75 Å².